The van der Waals surface area contributed by atoms with Crippen molar-refractivity contribution in [2.45, 2.75) is 25.6 Å². The second kappa shape index (κ2) is 5.43. The van der Waals surface area contributed by atoms with Crippen molar-refractivity contribution in [3.05, 3.63) is 30.1 Å². The van der Waals surface area contributed by atoms with Gasteiger partial charge in [0.25, 0.3) is 0 Å². The van der Waals surface area contributed by atoms with Gasteiger partial charge in [-0.05, 0) is 19.1 Å². The second-order valence-electron chi connectivity index (χ2n) is 3.26. The molecule has 1 aromatic heterocycles. The first-order chi connectivity index (χ1) is 7.11. The number of hydrogen-bond donors (Lipinski definition) is 3. The lowest BCUT2D eigenvalue weighted by molar-refractivity contribution is -0.142. The number of hydrogen-bond acceptors (Lipinski definition) is 4. The van der Waals surface area contributed by atoms with Crippen molar-refractivity contribution in [3.63, 3.8) is 0 Å². The molecule has 0 aromatic carbocycles. The molecule has 1 rings (SSSR count). The molecule has 1 aromatic rings. The molecule has 1 heterocycles. The smallest absolute Gasteiger partial charge is 0.323 e. The molecule has 0 aliphatic rings. The summed E-state index contributed by atoms with van der Waals surface area (Å²) in [5.41, 5.74) is 0.740. The van der Waals surface area contributed by atoms with Gasteiger partial charge in [-0.1, -0.05) is 6.07 Å². The Bertz CT molecular complexity index is 314. The Balaban J connectivity index is 2.51. The van der Waals surface area contributed by atoms with Crippen molar-refractivity contribution in [2.24, 2.45) is 0 Å². The third-order valence-electron chi connectivity index (χ3n) is 1.98. The van der Waals surface area contributed by atoms with E-state index in [1.54, 1.807) is 18.3 Å². The van der Waals surface area contributed by atoms with Crippen molar-refractivity contribution >= 4 is 5.97 Å². The summed E-state index contributed by atoms with van der Waals surface area (Å²) in [6, 6.07) is 4.43. The fraction of sp³-hybridized carbons (Fsp3) is 0.400. The van der Waals surface area contributed by atoms with Gasteiger partial charge in [-0.15, -0.1) is 0 Å². The highest BCUT2D eigenvalue weighted by molar-refractivity contribution is 5.74. The average Bonchev–Trinajstić information content (AvgIpc) is 2.18. The van der Waals surface area contributed by atoms with E-state index in [1.165, 1.54) is 6.92 Å². The standard InChI is InChI=1S/C10H14N2O3/c1-7(13)9(10(14)15)12-6-8-4-2-3-5-11-8/h2-5,7,9,12-13H,6H2,1H3,(H,14,15)/t7-,9+/m1/s1. The van der Waals surface area contributed by atoms with Crippen LogP contribution in [0.2, 0.25) is 0 Å². The number of carboxylic acid groups (broad SMARTS) is 1. The molecule has 82 valence electrons. The van der Waals surface area contributed by atoms with E-state index in [0.29, 0.717) is 6.54 Å². The number of pyridine rings is 1. The van der Waals surface area contributed by atoms with Gasteiger partial charge in [0.15, 0.2) is 0 Å². The highest BCUT2D eigenvalue weighted by atomic mass is 16.4. The summed E-state index contributed by atoms with van der Waals surface area (Å²) >= 11 is 0. The molecule has 0 amide bonds. The van der Waals surface area contributed by atoms with Crippen LogP contribution in [0.15, 0.2) is 24.4 Å². The number of nitrogens with one attached hydrogen (secondary N) is 1. The van der Waals surface area contributed by atoms with Crippen molar-refractivity contribution in [2.75, 3.05) is 0 Å². The van der Waals surface area contributed by atoms with Crippen LogP contribution in [0.25, 0.3) is 0 Å². The van der Waals surface area contributed by atoms with Gasteiger partial charge >= 0.3 is 5.97 Å². The largest absolute Gasteiger partial charge is 0.480 e. The van der Waals surface area contributed by atoms with Gasteiger partial charge in [0, 0.05) is 12.7 Å². The van der Waals surface area contributed by atoms with E-state index in [9.17, 15) is 9.90 Å². The van der Waals surface area contributed by atoms with Gasteiger partial charge in [-0.2, -0.15) is 0 Å². The molecule has 15 heavy (non-hydrogen) atoms. The number of aliphatic carboxylic acids is 1. The number of rotatable bonds is 5. The summed E-state index contributed by atoms with van der Waals surface area (Å²) in [6.07, 6.45) is 0.695. The molecule has 0 bridgehead atoms. The van der Waals surface area contributed by atoms with Crippen molar-refractivity contribution < 1.29 is 15.0 Å². The first kappa shape index (κ1) is 11.6. The van der Waals surface area contributed by atoms with Crippen molar-refractivity contribution in [1.82, 2.24) is 10.3 Å². The Morgan fingerprint density at radius 1 is 1.60 bits per heavy atom. The average molecular weight is 210 g/mol. The predicted molar refractivity (Wildman–Crippen MR) is 54.2 cm³/mol. The molecule has 5 heteroatoms. The topological polar surface area (TPSA) is 82.5 Å². The van der Waals surface area contributed by atoms with Crippen LogP contribution >= 0.6 is 0 Å². The summed E-state index contributed by atoms with van der Waals surface area (Å²) in [5, 5.41) is 20.7. The monoisotopic (exact) mass is 210 g/mol. The molecular formula is C10H14N2O3. The SMILES string of the molecule is C[C@@H](O)[C@H](NCc1ccccn1)C(=O)O. The summed E-state index contributed by atoms with van der Waals surface area (Å²) in [4.78, 5) is 14.8. The number of carboxylic acids is 1. The van der Waals surface area contributed by atoms with Crippen LogP contribution in [0.4, 0.5) is 0 Å². The van der Waals surface area contributed by atoms with Crippen LogP contribution in [0.5, 0.6) is 0 Å². The van der Waals surface area contributed by atoms with Gasteiger partial charge in [0.1, 0.15) is 6.04 Å². The van der Waals surface area contributed by atoms with Gasteiger partial charge in [0.2, 0.25) is 0 Å². The maximum absolute atomic E-state index is 10.7. The van der Waals surface area contributed by atoms with Crippen LogP contribution in [-0.4, -0.2) is 33.3 Å². The number of aliphatic hydroxyl groups excluding tert-OH is 1. The molecule has 0 unspecified atom stereocenters. The van der Waals surface area contributed by atoms with E-state index < -0.39 is 18.1 Å². The zero-order chi connectivity index (χ0) is 11.3. The zero-order valence-corrected chi connectivity index (χ0v) is 8.42. The molecule has 0 saturated heterocycles. The minimum absolute atomic E-state index is 0.322. The second-order valence-corrected chi connectivity index (χ2v) is 3.26. The van der Waals surface area contributed by atoms with E-state index in [0.717, 1.165) is 5.69 Å². The first-order valence-corrected chi connectivity index (χ1v) is 4.65. The quantitative estimate of drug-likeness (QED) is 0.637. The van der Waals surface area contributed by atoms with Crippen molar-refractivity contribution in [1.29, 1.82) is 0 Å². The Labute approximate surface area is 87.8 Å². The zero-order valence-electron chi connectivity index (χ0n) is 8.42. The van der Waals surface area contributed by atoms with E-state index in [-0.39, 0.29) is 0 Å². The van der Waals surface area contributed by atoms with Crippen LogP contribution in [0.1, 0.15) is 12.6 Å². The highest BCUT2D eigenvalue weighted by Gasteiger charge is 2.21. The van der Waals surface area contributed by atoms with E-state index in [1.807, 2.05) is 6.07 Å². The number of nitrogens with zero attached hydrogens (tertiary/aromatic N) is 1. The Morgan fingerprint density at radius 2 is 2.33 bits per heavy atom. The summed E-state index contributed by atoms with van der Waals surface area (Å²) in [5.74, 6) is -1.07. The fourth-order valence-corrected chi connectivity index (χ4v) is 1.18. The third-order valence-corrected chi connectivity index (χ3v) is 1.98. The summed E-state index contributed by atoms with van der Waals surface area (Å²) in [7, 11) is 0. The molecule has 0 radical (unpaired) electrons. The Morgan fingerprint density at radius 3 is 2.80 bits per heavy atom. The van der Waals surface area contributed by atoms with E-state index in [4.69, 9.17) is 5.11 Å². The highest BCUT2D eigenvalue weighted by Crippen LogP contribution is 1.97. The number of aliphatic hydroxyl groups is 1. The molecule has 0 aliphatic heterocycles. The molecule has 0 saturated carbocycles. The Kier molecular flexibility index (Phi) is 4.20. The molecular weight excluding hydrogens is 196 g/mol. The van der Waals surface area contributed by atoms with Crippen LogP contribution in [0, 0.1) is 0 Å². The summed E-state index contributed by atoms with van der Waals surface area (Å²) < 4.78 is 0. The normalized spacial score (nSPS) is 14.5. The molecule has 3 N–H and O–H groups in total. The lowest BCUT2D eigenvalue weighted by atomic mass is 10.2. The molecule has 0 spiro atoms. The Hall–Kier alpha value is -1.46. The predicted octanol–water partition coefficient (Wildman–Crippen LogP) is 0.00520. The van der Waals surface area contributed by atoms with Gasteiger partial charge in [-0.25, -0.2) is 0 Å². The molecule has 0 aliphatic carbocycles. The van der Waals surface area contributed by atoms with Gasteiger partial charge < -0.3 is 10.2 Å². The van der Waals surface area contributed by atoms with Crippen LogP contribution in [-0.2, 0) is 11.3 Å². The first-order valence-electron chi connectivity index (χ1n) is 4.65. The van der Waals surface area contributed by atoms with Crippen molar-refractivity contribution in [3.8, 4) is 0 Å². The lowest BCUT2D eigenvalue weighted by Gasteiger charge is -2.16. The van der Waals surface area contributed by atoms with Gasteiger partial charge in [-0.3, -0.25) is 15.1 Å². The summed E-state index contributed by atoms with van der Waals surface area (Å²) in [6.45, 7) is 1.76. The van der Waals surface area contributed by atoms with Gasteiger partial charge in [0.05, 0.1) is 11.8 Å². The lowest BCUT2D eigenvalue weighted by Crippen LogP contribution is -2.44. The maximum Gasteiger partial charge on any atom is 0.323 e. The maximum atomic E-state index is 10.7. The van der Waals surface area contributed by atoms with E-state index >= 15 is 0 Å². The van der Waals surface area contributed by atoms with Crippen LogP contribution < -0.4 is 5.32 Å². The minimum atomic E-state index is -1.07. The van der Waals surface area contributed by atoms with E-state index in [2.05, 4.69) is 10.3 Å². The number of aromatic nitrogens is 1. The molecule has 0 fully saturated rings. The number of carbonyl (C=O) groups is 1. The molecule has 5 nitrogen and oxygen atoms in total. The van der Waals surface area contributed by atoms with Crippen LogP contribution in [0.3, 0.4) is 0 Å². The molecule has 2 atom stereocenters. The minimum Gasteiger partial charge on any atom is -0.480 e. The third kappa shape index (κ3) is 3.65. The fourth-order valence-electron chi connectivity index (χ4n) is 1.18.